The average Bonchev–Trinajstić information content (AvgIpc) is 2.70. The molecule has 0 aliphatic heterocycles. The predicted molar refractivity (Wildman–Crippen MR) is 103 cm³/mol. The highest BCUT2D eigenvalue weighted by Gasteiger charge is 2.07. The normalized spacial score (nSPS) is 11.2. The van der Waals surface area contributed by atoms with Crippen molar-refractivity contribution in [3.8, 4) is 5.75 Å². The summed E-state index contributed by atoms with van der Waals surface area (Å²) in [6.45, 7) is 1.53. The van der Waals surface area contributed by atoms with Gasteiger partial charge in [0.05, 0.1) is 10.6 Å². The van der Waals surface area contributed by atoms with E-state index in [0.29, 0.717) is 17.0 Å². The van der Waals surface area contributed by atoms with Crippen LogP contribution in [-0.2, 0) is 4.79 Å². The van der Waals surface area contributed by atoms with Crippen LogP contribution in [0.4, 0.5) is 5.69 Å². The van der Waals surface area contributed by atoms with E-state index < -0.39 is 10.8 Å². The molecule has 0 aliphatic rings. The van der Waals surface area contributed by atoms with Gasteiger partial charge in [-0.2, -0.15) is 5.10 Å². The van der Waals surface area contributed by atoms with Gasteiger partial charge < -0.3 is 4.74 Å². The van der Waals surface area contributed by atoms with Crippen molar-refractivity contribution in [2.45, 2.75) is 6.92 Å². The van der Waals surface area contributed by atoms with Crippen molar-refractivity contribution >= 4 is 28.1 Å². The zero-order chi connectivity index (χ0) is 19.2. The lowest BCUT2D eigenvalue weighted by Crippen LogP contribution is -2.25. The molecule has 0 fully saturated rings. The topological polar surface area (TPSA) is 93.8 Å². The van der Waals surface area contributed by atoms with Gasteiger partial charge in [-0.3, -0.25) is 14.9 Å². The molecule has 7 nitrogen and oxygen atoms in total. The molecular formula is C20H17N3O4. The molecule has 0 saturated heterocycles. The third-order valence-electron chi connectivity index (χ3n) is 3.95. The molecular weight excluding hydrogens is 346 g/mol. The fraction of sp³-hybridized carbons (Fsp3) is 0.100. The standard InChI is InChI=1S/C20H17N3O4/c1-14(15-9-11-17(12-10-15)23(25)26)21-22-20(24)13-27-19-8-4-6-16-5-2-3-7-18(16)19/h2-12H,13H2,1H3,(H,22,24)/b21-14-. The summed E-state index contributed by atoms with van der Waals surface area (Å²) in [5.74, 6) is 0.225. The van der Waals surface area contributed by atoms with Crippen LogP contribution in [0.5, 0.6) is 5.75 Å². The van der Waals surface area contributed by atoms with Crippen LogP contribution >= 0.6 is 0 Å². The van der Waals surface area contributed by atoms with Crippen LogP contribution in [0.2, 0.25) is 0 Å². The monoisotopic (exact) mass is 363 g/mol. The van der Waals surface area contributed by atoms with E-state index in [2.05, 4.69) is 10.5 Å². The highest BCUT2D eigenvalue weighted by molar-refractivity contribution is 5.99. The zero-order valence-electron chi connectivity index (χ0n) is 14.6. The molecule has 7 heteroatoms. The number of benzene rings is 3. The van der Waals surface area contributed by atoms with Gasteiger partial charge in [0.2, 0.25) is 0 Å². The van der Waals surface area contributed by atoms with E-state index in [1.54, 1.807) is 25.1 Å². The second-order valence-corrected chi connectivity index (χ2v) is 5.80. The Morgan fingerprint density at radius 3 is 2.52 bits per heavy atom. The maximum atomic E-state index is 12.0. The number of amides is 1. The number of hydrogen-bond donors (Lipinski definition) is 1. The third-order valence-corrected chi connectivity index (χ3v) is 3.95. The second kappa shape index (κ2) is 8.09. The van der Waals surface area contributed by atoms with Gasteiger partial charge in [0.1, 0.15) is 5.75 Å². The lowest BCUT2D eigenvalue weighted by molar-refractivity contribution is -0.384. The first-order valence-electron chi connectivity index (χ1n) is 8.23. The van der Waals surface area contributed by atoms with Crippen LogP contribution in [0, 0.1) is 10.1 Å². The summed E-state index contributed by atoms with van der Waals surface area (Å²) >= 11 is 0. The van der Waals surface area contributed by atoms with Crippen LogP contribution in [0.1, 0.15) is 12.5 Å². The summed E-state index contributed by atoms with van der Waals surface area (Å²) in [6.07, 6.45) is 0. The van der Waals surface area contributed by atoms with Crippen LogP contribution < -0.4 is 10.2 Å². The van der Waals surface area contributed by atoms with Gasteiger partial charge >= 0.3 is 0 Å². The highest BCUT2D eigenvalue weighted by atomic mass is 16.6. The van der Waals surface area contributed by atoms with Gasteiger partial charge in [-0.25, -0.2) is 5.43 Å². The Hall–Kier alpha value is -3.74. The Bertz CT molecular complexity index is 1010. The van der Waals surface area contributed by atoms with Crippen LogP contribution in [-0.4, -0.2) is 23.1 Å². The smallest absolute Gasteiger partial charge is 0.277 e. The number of carbonyl (C=O) groups is 1. The molecule has 27 heavy (non-hydrogen) atoms. The van der Waals surface area contributed by atoms with Crippen molar-refractivity contribution in [3.05, 3.63) is 82.4 Å². The maximum Gasteiger partial charge on any atom is 0.277 e. The fourth-order valence-electron chi connectivity index (χ4n) is 2.53. The number of nitro groups is 1. The van der Waals surface area contributed by atoms with Gasteiger partial charge in [0, 0.05) is 17.5 Å². The summed E-state index contributed by atoms with van der Waals surface area (Å²) in [5, 5.41) is 16.6. The van der Waals surface area contributed by atoms with Crippen molar-refractivity contribution in [1.29, 1.82) is 0 Å². The molecule has 0 spiro atoms. The minimum Gasteiger partial charge on any atom is -0.483 e. The molecule has 0 atom stereocenters. The predicted octanol–water partition coefficient (Wildman–Crippen LogP) is 3.67. The molecule has 0 bridgehead atoms. The molecule has 0 heterocycles. The first kappa shape index (κ1) is 18.1. The Morgan fingerprint density at radius 2 is 1.78 bits per heavy atom. The van der Waals surface area contributed by atoms with Gasteiger partial charge in [-0.05, 0) is 36.1 Å². The van der Waals surface area contributed by atoms with E-state index in [1.807, 2.05) is 36.4 Å². The molecule has 136 valence electrons. The number of rotatable bonds is 6. The first-order chi connectivity index (χ1) is 13.0. The second-order valence-electron chi connectivity index (χ2n) is 5.80. The lowest BCUT2D eigenvalue weighted by Gasteiger charge is -2.08. The summed E-state index contributed by atoms with van der Waals surface area (Å²) in [4.78, 5) is 22.2. The van der Waals surface area contributed by atoms with E-state index in [1.165, 1.54) is 12.1 Å². The lowest BCUT2D eigenvalue weighted by atomic mass is 10.1. The van der Waals surface area contributed by atoms with Gasteiger partial charge in [-0.15, -0.1) is 0 Å². The highest BCUT2D eigenvalue weighted by Crippen LogP contribution is 2.24. The summed E-state index contributed by atoms with van der Waals surface area (Å²) < 4.78 is 5.60. The van der Waals surface area contributed by atoms with E-state index in [9.17, 15) is 14.9 Å². The number of nitrogens with zero attached hydrogens (tertiary/aromatic N) is 2. The van der Waals surface area contributed by atoms with Gasteiger partial charge in [0.25, 0.3) is 11.6 Å². The largest absolute Gasteiger partial charge is 0.483 e. The van der Waals surface area contributed by atoms with Gasteiger partial charge in [0.15, 0.2) is 6.61 Å². The van der Waals surface area contributed by atoms with Crippen LogP contribution in [0.25, 0.3) is 10.8 Å². The van der Waals surface area contributed by atoms with Crippen LogP contribution in [0.3, 0.4) is 0 Å². The molecule has 3 aromatic rings. The molecule has 3 aromatic carbocycles. The minimum absolute atomic E-state index is 0.000858. The molecule has 0 saturated carbocycles. The quantitative estimate of drug-likeness (QED) is 0.411. The van der Waals surface area contributed by atoms with E-state index in [-0.39, 0.29) is 12.3 Å². The molecule has 1 amide bonds. The number of non-ortho nitro benzene ring substituents is 1. The molecule has 0 aromatic heterocycles. The van der Waals surface area contributed by atoms with Crippen molar-refractivity contribution < 1.29 is 14.5 Å². The molecule has 3 rings (SSSR count). The molecule has 1 N–H and O–H groups in total. The fourth-order valence-corrected chi connectivity index (χ4v) is 2.53. The summed E-state index contributed by atoms with van der Waals surface area (Å²) in [6, 6.07) is 19.3. The van der Waals surface area contributed by atoms with Crippen molar-refractivity contribution in [1.82, 2.24) is 5.43 Å². The van der Waals surface area contributed by atoms with Crippen molar-refractivity contribution in [2.75, 3.05) is 6.61 Å². The third kappa shape index (κ3) is 4.46. The number of fused-ring (bicyclic) bond motifs is 1. The number of ether oxygens (including phenoxy) is 1. The molecule has 0 radical (unpaired) electrons. The number of nitrogens with one attached hydrogen (secondary N) is 1. The Morgan fingerprint density at radius 1 is 1.07 bits per heavy atom. The zero-order valence-corrected chi connectivity index (χ0v) is 14.6. The van der Waals surface area contributed by atoms with Crippen molar-refractivity contribution in [3.63, 3.8) is 0 Å². The number of hydrazone groups is 1. The number of nitro benzene ring substituents is 1. The SMILES string of the molecule is C/C(=N/NC(=O)COc1cccc2ccccc12)c1ccc([N+](=O)[O-])cc1. The molecule has 0 aliphatic carbocycles. The number of carbonyl (C=O) groups excluding carboxylic acids is 1. The summed E-state index contributed by atoms with van der Waals surface area (Å²) in [7, 11) is 0. The van der Waals surface area contributed by atoms with Crippen LogP contribution in [0.15, 0.2) is 71.8 Å². The molecule has 0 unspecified atom stereocenters. The van der Waals surface area contributed by atoms with Crippen molar-refractivity contribution in [2.24, 2.45) is 5.10 Å². The van der Waals surface area contributed by atoms with Gasteiger partial charge in [-0.1, -0.05) is 36.4 Å². The first-order valence-corrected chi connectivity index (χ1v) is 8.23. The van der Waals surface area contributed by atoms with E-state index in [0.717, 1.165) is 10.8 Å². The Balaban J connectivity index is 1.60. The Labute approximate surface area is 155 Å². The number of hydrogen-bond acceptors (Lipinski definition) is 5. The maximum absolute atomic E-state index is 12.0. The van der Waals surface area contributed by atoms with E-state index >= 15 is 0 Å². The Kier molecular flexibility index (Phi) is 5.41. The minimum atomic E-state index is -0.470. The summed E-state index contributed by atoms with van der Waals surface area (Å²) in [5.41, 5.74) is 3.63. The van der Waals surface area contributed by atoms with E-state index in [4.69, 9.17) is 4.74 Å². The average molecular weight is 363 g/mol.